The van der Waals surface area contributed by atoms with Crippen LogP contribution in [0.2, 0.25) is 0 Å². The monoisotopic (exact) mass is 1450 g/mol. The first-order valence-electron chi connectivity index (χ1n) is 34.1. The number of hydrogen-bond acceptors (Lipinski definition) is 11. The summed E-state index contributed by atoms with van der Waals surface area (Å²) < 4.78 is 65.6. The maximum atomic E-state index is 14.8. The Morgan fingerprint density at radius 1 is 0.472 bits per heavy atom. The fraction of sp³-hybridized carbons (Fsp3) is 0.0706. The number of rotatable bonds is 18. The van der Waals surface area contributed by atoms with Crippen LogP contribution in [0.15, 0.2) is 256 Å². The van der Waals surface area contributed by atoms with E-state index < -0.39 is 46.6 Å². The van der Waals surface area contributed by atoms with Crippen LogP contribution in [0.3, 0.4) is 0 Å². The number of fused-ring (bicyclic) bond motifs is 3. The number of H-pyrrole nitrogens is 2. The van der Waals surface area contributed by atoms with Gasteiger partial charge in [-0.2, -0.15) is 5.10 Å². The molecule has 5 amide bonds. The lowest BCUT2D eigenvalue weighted by atomic mass is 9.96. The van der Waals surface area contributed by atoms with Gasteiger partial charge in [0, 0.05) is 99.7 Å². The van der Waals surface area contributed by atoms with Gasteiger partial charge in [-0.05, 0) is 179 Å². The van der Waals surface area contributed by atoms with Crippen LogP contribution in [0.4, 0.5) is 18.3 Å². The van der Waals surface area contributed by atoms with E-state index in [1.54, 1.807) is 72.6 Å². The molecule has 0 fully saturated rings. The second-order valence-corrected chi connectivity index (χ2v) is 26.9. The molecule has 19 nitrogen and oxygen atoms in total. The SMILES string of the molecule is CNC(=O)c1c(-c2ccc(F)cc2)oc2ccc(-c3cccc(-c4cc[n+](-c5cc6oc(-c7ccc(F)cc7)c(C(=O)NC)c6cc5-c5cccc(C(=O)NC(C)(C)C(=O)Nc6n[n+](-c7cc(-c8cccc(-c9nc(-c%10ccccc%10)c[nH]9)c8)cc8c(C(=O)NC)c(-c9ccc(F)cc9)oc78)cs6)c5)[nH]4)c3)cc12. The molecule has 0 aliphatic heterocycles. The van der Waals surface area contributed by atoms with Crippen LogP contribution in [0, 0.1) is 17.5 Å². The van der Waals surface area contributed by atoms with E-state index in [0.717, 1.165) is 50.4 Å². The zero-order chi connectivity index (χ0) is 74.6. The van der Waals surface area contributed by atoms with E-state index in [4.69, 9.17) is 23.3 Å². The molecule has 0 spiro atoms. The zero-order valence-electron chi connectivity index (χ0n) is 58.2. The van der Waals surface area contributed by atoms with Crippen LogP contribution >= 0.6 is 11.3 Å². The van der Waals surface area contributed by atoms with Crippen LogP contribution < -0.4 is 35.9 Å². The summed E-state index contributed by atoms with van der Waals surface area (Å²) in [6, 6.07) is 64.0. The summed E-state index contributed by atoms with van der Waals surface area (Å²) in [5, 5.41) is 24.0. The molecular formula is C85H62F3N11O8S+2. The summed E-state index contributed by atoms with van der Waals surface area (Å²) >= 11 is 1.10. The van der Waals surface area contributed by atoms with E-state index >= 15 is 0 Å². The highest BCUT2D eigenvalue weighted by Gasteiger charge is 2.35. The molecule has 0 bridgehead atoms. The summed E-state index contributed by atoms with van der Waals surface area (Å²) in [7, 11) is 4.55. The highest BCUT2D eigenvalue weighted by molar-refractivity contribution is 7.13. The fourth-order valence-electron chi connectivity index (χ4n) is 13.3. The van der Waals surface area contributed by atoms with E-state index in [9.17, 15) is 37.1 Å². The van der Waals surface area contributed by atoms with Gasteiger partial charge in [-0.25, -0.2) is 18.2 Å². The van der Waals surface area contributed by atoms with Crippen molar-refractivity contribution in [3.05, 3.63) is 282 Å². The summed E-state index contributed by atoms with van der Waals surface area (Å²) in [4.78, 5) is 79.1. The first-order chi connectivity index (χ1) is 52.4. The minimum atomic E-state index is -1.58. The van der Waals surface area contributed by atoms with E-state index in [-0.39, 0.29) is 44.8 Å². The first kappa shape index (κ1) is 68.4. The van der Waals surface area contributed by atoms with Gasteiger partial charge in [0.05, 0.1) is 34.0 Å². The lowest BCUT2D eigenvalue weighted by Gasteiger charge is -2.24. The van der Waals surface area contributed by atoms with Crippen molar-refractivity contribution in [3.63, 3.8) is 0 Å². The third-order valence-corrected chi connectivity index (χ3v) is 19.5. The highest BCUT2D eigenvalue weighted by atomic mass is 32.1. The Morgan fingerprint density at radius 2 is 1.00 bits per heavy atom. The largest absolute Gasteiger partial charge is 0.455 e. The number of carbonyl (C=O) groups excluding carboxylic acids is 5. The summed E-state index contributed by atoms with van der Waals surface area (Å²) in [6.45, 7) is 3.12. The number of amides is 5. The quantitative estimate of drug-likeness (QED) is 0.0400. The molecule has 16 rings (SSSR count). The molecule has 0 radical (unpaired) electrons. The smallest absolute Gasteiger partial charge is 0.282 e. The molecule has 0 saturated heterocycles. The molecule has 6 heterocycles. The van der Waals surface area contributed by atoms with E-state index in [1.165, 1.54) is 86.5 Å². The van der Waals surface area contributed by atoms with Gasteiger partial charge in [-0.1, -0.05) is 89.6 Å². The minimum absolute atomic E-state index is 0.149. The lowest BCUT2D eigenvalue weighted by molar-refractivity contribution is -0.653. The number of carbonyl (C=O) groups is 5. The number of nitrogens with zero attached hydrogens (tertiary/aromatic N) is 4. The maximum absolute atomic E-state index is 14.8. The fourth-order valence-corrected chi connectivity index (χ4v) is 14.0. The van der Waals surface area contributed by atoms with Gasteiger partial charge >= 0.3 is 0 Å². The van der Waals surface area contributed by atoms with Crippen LogP contribution in [-0.4, -0.2) is 76.4 Å². The van der Waals surface area contributed by atoms with Gasteiger partial charge in [-0.3, -0.25) is 29.3 Å². The Hall–Kier alpha value is -14.1. The van der Waals surface area contributed by atoms with Crippen LogP contribution in [-0.2, 0) is 4.79 Å². The maximum Gasteiger partial charge on any atom is 0.282 e. The van der Waals surface area contributed by atoms with Crippen LogP contribution in [0.5, 0.6) is 0 Å². The normalized spacial score (nSPS) is 11.5. The topological polar surface area (TPSA) is 250 Å². The van der Waals surface area contributed by atoms with Gasteiger partial charge in [0.25, 0.3) is 45.9 Å². The average molecular weight is 1450 g/mol. The molecule has 16 aromatic rings. The van der Waals surface area contributed by atoms with Crippen molar-refractivity contribution < 1.29 is 59.8 Å². The second-order valence-electron chi connectivity index (χ2n) is 26.1. The molecule has 0 aliphatic carbocycles. The summed E-state index contributed by atoms with van der Waals surface area (Å²) in [6.07, 6.45) is 3.68. The van der Waals surface area contributed by atoms with Crippen LogP contribution in [0.25, 0.3) is 146 Å². The van der Waals surface area contributed by atoms with E-state index in [2.05, 4.69) is 36.7 Å². The molecule has 23 heteroatoms. The second kappa shape index (κ2) is 27.9. The van der Waals surface area contributed by atoms with Gasteiger partial charge in [0.15, 0.2) is 0 Å². The van der Waals surface area contributed by atoms with Crippen LogP contribution in [0.1, 0.15) is 55.3 Å². The molecular weight excluding hydrogens is 1390 g/mol. The number of aromatic amines is 2. The number of furan rings is 3. The third-order valence-electron chi connectivity index (χ3n) is 18.8. The Bertz CT molecular complexity index is 6270. The average Bonchev–Trinajstić information content (AvgIpc) is 1.60. The molecule has 108 heavy (non-hydrogen) atoms. The molecule has 0 saturated carbocycles. The number of aromatic nitrogens is 6. The molecule has 7 N–H and O–H groups in total. The molecule has 0 unspecified atom stereocenters. The predicted octanol–water partition coefficient (Wildman–Crippen LogP) is 16.6. The summed E-state index contributed by atoms with van der Waals surface area (Å²) in [5.41, 5.74) is 12.5. The van der Waals surface area contributed by atoms with Gasteiger partial charge < -0.3 is 39.5 Å². The van der Waals surface area contributed by atoms with Crippen molar-refractivity contribution in [2.45, 2.75) is 19.4 Å². The number of imidazole rings is 1. The highest BCUT2D eigenvalue weighted by Crippen LogP contribution is 2.43. The lowest BCUT2D eigenvalue weighted by Crippen LogP contribution is -2.52. The van der Waals surface area contributed by atoms with Crippen molar-refractivity contribution in [2.24, 2.45) is 0 Å². The Kier molecular flexibility index (Phi) is 17.6. The van der Waals surface area contributed by atoms with Crippen molar-refractivity contribution in [1.29, 1.82) is 0 Å². The van der Waals surface area contributed by atoms with Gasteiger partial charge in [-0.15, -0.1) is 0 Å². The number of hydrogen-bond donors (Lipinski definition) is 7. The molecule has 0 aliphatic rings. The molecule has 6 aromatic heterocycles. The van der Waals surface area contributed by atoms with Crippen molar-refractivity contribution >= 4 is 78.9 Å². The Balaban J connectivity index is 0.712. The summed E-state index contributed by atoms with van der Waals surface area (Å²) in [5.74, 6) is -2.54. The zero-order valence-corrected chi connectivity index (χ0v) is 59.0. The van der Waals surface area contributed by atoms with Gasteiger partial charge in [0.1, 0.15) is 63.0 Å². The molecule has 0 atom stereocenters. The molecule has 10 aromatic carbocycles. The van der Waals surface area contributed by atoms with E-state index in [0.29, 0.717) is 94.9 Å². The molecule has 530 valence electrons. The third kappa shape index (κ3) is 12.9. The minimum Gasteiger partial charge on any atom is -0.455 e. The van der Waals surface area contributed by atoms with Crippen molar-refractivity contribution in [1.82, 2.24) is 41.4 Å². The number of anilines is 1. The predicted molar refractivity (Wildman–Crippen MR) is 407 cm³/mol. The van der Waals surface area contributed by atoms with Crippen molar-refractivity contribution in [3.8, 4) is 113 Å². The van der Waals surface area contributed by atoms with Gasteiger partial charge in [0.2, 0.25) is 17.5 Å². The number of halogens is 3. The Morgan fingerprint density at radius 3 is 1.65 bits per heavy atom. The van der Waals surface area contributed by atoms with Crippen molar-refractivity contribution in [2.75, 3.05) is 26.5 Å². The van der Waals surface area contributed by atoms with E-state index in [1.807, 2.05) is 128 Å². The standard InChI is InChI=1S/C85H60F3N11O8S/c1-85(2,83(104)94-84-97-99(45-108-84)68-41-57(40-64-73(82(103)91-5)76(107-77(64)68)49-24-31-60(88)32-25-49)51-15-10-18-55(37-51)78-92-44-66(93-78)46-12-7-6-8-13-46)95-79(100)56-19-11-16-53(38-56)61-42-63-70(106-75(72(63)81(102)90-4)48-22-29-59(87)30-23-48)43-67(61)98-35-34-65(96-98)54-17-9-14-50(36-54)52-26-33-69-62(39-52)71(80(101)89-3)74(105-69)47-20-27-58(86)28-21-47/h6-45H,1-5H3,(H5-,89,90,91,92,93,94,95,97,100,101,102,103,104)/p+2. The number of nitrogens with one attached hydrogen (secondary N) is 7. The first-order valence-corrected chi connectivity index (χ1v) is 35.0. The number of benzene rings is 10. The Labute approximate surface area is 617 Å².